The van der Waals surface area contributed by atoms with Crippen LogP contribution in [0.1, 0.15) is 19.4 Å². The molecule has 1 fully saturated rings. The predicted octanol–water partition coefficient (Wildman–Crippen LogP) is 2.72. The summed E-state index contributed by atoms with van der Waals surface area (Å²) in [7, 11) is -3.85. The van der Waals surface area contributed by atoms with Crippen molar-refractivity contribution in [2.45, 2.75) is 43.2 Å². The lowest BCUT2D eigenvalue weighted by Gasteiger charge is -2.29. The Morgan fingerprint density at radius 3 is 2.57 bits per heavy atom. The number of allylic oxidation sites excluding steroid dienone is 2. The lowest BCUT2D eigenvalue weighted by Crippen LogP contribution is -2.43. The Bertz CT molecular complexity index is 746. The van der Waals surface area contributed by atoms with Gasteiger partial charge >= 0.3 is 0 Å². The Morgan fingerprint density at radius 1 is 1.17 bits per heavy atom. The van der Waals surface area contributed by atoms with Crippen molar-refractivity contribution in [1.82, 2.24) is 0 Å². The Kier molecular flexibility index (Phi) is 3.96. The van der Waals surface area contributed by atoms with E-state index in [2.05, 4.69) is 0 Å². The quantitative estimate of drug-likeness (QED) is 0.791. The van der Waals surface area contributed by atoms with Crippen LogP contribution >= 0.6 is 0 Å². The van der Waals surface area contributed by atoms with Crippen molar-refractivity contribution in [2.24, 2.45) is 0 Å². The van der Waals surface area contributed by atoms with Crippen molar-refractivity contribution in [3.05, 3.63) is 54.1 Å². The first-order valence-electron chi connectivity index (χ1n) is 7.43. The van der Waals surface area contributed by atoms with Gasteiger partial charge in [0, 0.05) is 0 Å². The van der Waals surface area contributed by atoms with E-state index in [4.69, 9.17) is 13.7 Å². The molecular formula is C17H20O5S. The third kappa shape index (κ3) is 3.26. The van der Waals surface area contributed by atoms with Crippen molar-refractivity contribution in [3.8, 4) is 0 Å². The molecule has 0 unspecified atom stereocenters. The fourth-order valence-corrected chi connectivity index (χ4v) is 3.71. The number of ether oxygens (including phenoxy) is 2. The van der Waals surface area contributed by atoms with Gasteiger partial charge < -0.3 is 9.47 Å². The van der Waals surface area contributed by atoms with Crippen molar-refractivity contribution in [2.75, 3.05) is 6.61 Å². The third-order valence-electron chi connectivity index (χ3n) is 3.85. The molecule has 0 bridgehead atoms. The van der Waals surface area contributed by atoms with E-state index in [1.54, 1.807) is 32.1 Å². The second-order valence-electron chi connectivity index (χ2n) is 6.27. The van der Waals surface area contributed by atoms with Crippen LogP contribution in [0.2, 0.25) is 0 Å². The van der Waals surface area contributed by atoms with E-state index in [0.717, 1.165) is 5.56 Å². The highest BCUT2D eigenvalue weighted by Crippen LogP contribution is 2.40. The predicted molar refractivity (Wildman–Crippen MR) is 85.4 cm³/mol. The summed E-state index contributed by atoms with van der Waals surface area (Å²) in [5, 5.41) is 0. The number of rotatable bonds is 4. The number of hydrogen-bond acceptors (Lipinski definition) is 5. The SMILES string of the molecule is Cc1ccc(S(=O)(=O)OC[C@]23C=CC=C[C@H]2OC(C)(C)O3)cc1. The Morgan fingerprint density at radius 2 is 1.87 bits per heavy atom. The molecule has 0 N–H and O–H groups in total. The van der Waals surface area contributed by atoms with E-state index in [-0.39, 0.29) is 17.6 Å². The van der Waals surface area contributed by atoms with Crippen LogP contribution in [0.4, 0.5) is 0 Å². The lowest BCUT2D eigenvalue weighted by molar-refractivity contribution is -0.157. The van der Waals surface area contributed by atoms with Crippen molar-refractivity contribution < 1.29 is 22.1 Å². The highest BCUT2D eigenvalue weighted by atomic mass is 32.2. The molecule has 1 aromatic rings. The van der Waals surface area contributed by atoms with Crippen LogP contribution in [-0.4, -0.2) is 32.5 Å². The minimum absolute atomic E-state index is 0.129. The van der Waals surface area contributed by atoms with Crippen LogP contribution in [0.5, 0.6) is 0 Å². The second-order valence-corrected chi connectivity index (χ2v) is 7.88. The molecule has 0 spiro atoms. The first-order valence-corrected chi connectivity index (χ1v) is 8.83. The van der Waals surface area contributed by atoms with Gasteiger partial charge in [-0.1, -0.05) is 35.9 Å². The fraction of sp³-hybridized carbons (Fsp3) is 0.412. The summed E-state index contributed by atoms with van der Waals surface area (Å²) in [6, 6.07) is 6.54. The van der Waals surface area contributed by atoms with Crippen LogP contribution in [0.3, 0.4) is 0 Å². The molecule has 2 atom stereocenters. The van der Waals surface area contributed by atoms with Crippen LogP contribution in [0, 0.1) is 6.92 Å². The summed E-state index contributed by atoms with van der Waals surface area (Å²) in [6.07, 6.45) is 6.91. The molecule has 2 aliphatic rings. The molecule has 0 amide bonds. The van der Waals surface area contributed by atoms with E-state index in [0.29, 0.717) is 0 Å². The van der Waals surface area contributed by atoms with E-state index < -0.39 is 21.5 Å². The topological polar surface area (TPSA) is 61.8 Å². The maximum Gasteiger partial charge on any atom is 0.297 e. The number of fused-ring (bicyclic) bond motifs is 1. The first-order chi connectivity index (χ1) is 10.7. The molecule has 1 heterocycles. The second kappa shape index (κ2) is 5.56. The van der Waals surface area contributed by atoms with Gasteiger partial charge in [-0.25, -0.2) is 0 Å². The van der Waals surface area contributed by atoms with Crippen LogP contribution < -0.4 is 0 Å². The van der Waals surface area contributed by atoms with Gasteiger partial charge in [-0.2, -0.15) is 8.42 Å². The molecule has 1 aliphatic heterocycles. The fourth-order valence-electron chi connectivity index (χ4n) is 2.76. The summed E-state index contributed by atoms with van der Waals surface area (Å²) in [6.45, 7) is 5.34. The van der Waals surface area contributed by atoms with Crippen molar-refractivity contribution in [3.63, 3.8) is 0 Å². The third-order valence-corrected chi connectivity index (χ3v) is 5.13. The summed E-state index contributed by atoms with van der Waals surface area (Å²) in [4.78, 5) is 0.129. The summed E-state index contributed by atoms with van der Waals surface area (Å²) >= 11 is 0. The van der Waals surface area contributed by atoms with Gasteiger partial charge in [0.25, 0.3) is 10.1 Å². The average Bonchev–Trinajstić information content (AvgIpc) is 2.76. The largest absolute Gasteiger partial charge is 0.340 e. The molecule has 0 aromatic heterocycles. The maximum absolute atomic E-state index is 12.4. The van der Waals surface area contributed by atoms with Gasteiger partial charge in [-0.3, -0.25) is 4.18 Å². The molecule has 0 radical (unpaired) electrons. The molecule has 0 saturated carbocycles. The molecule has 3 rings (SSSR count). The van der Waals surface area contributed by atoms with E-state index in [1.165, 1.54) is 12.1 Å². The Hall–Kier alpha value is -1.47. The van der Waals surface area contributed by atoms with Crippen molar-refractivity contribution in [1.29, 1.82) is 0 Å². The molecule has 1 aliphatic carbocycles. The summed E-state index contributed by atoms with van der Waals surface area (Å²) < 4.78 is 41.8. The summed E-state index contributed by atoms with van der Waals surface area (Å²) in [5.41, 5.74) is 0.0490. The maximum atomic E-state index is 12.4. The van der Waals surface area contributed by atoms with Gasteiger partial charge in [0.2, 0.25) is 0 Å². The number of aryl methyl sites for hydroxylation is 1. The standard InChI is InChI=1S/C17H20O5S/c1-13-7-9-14(10-8-13)23(18,19)20-12-17-11-5-4-6-15(17)21-16(2,3)22-17/h4-11,15H,12H2,1-3H3/t15-,17-/m1/s1. The first kappa shape index (κ1) is 16.4. The molecule has 1 aromatic carbocycles. The molecule has 23 heavy (non-hydrogen) atoms. The smallest absolute Gasteiger partial charge is 0.297 e. The monoisotopic (exact) mass is 336 g/mol. The van der Waals surface area contributed by atoms with Gasteiger partial charge in [-0.15, -0.1) is 0 Å². The van der Waals surface area contributed by atoms with Crippen LogP contribution in [-0.2, 0) is 23.8 Å². The van der Waals surface area contributed by atoms with E-state index >= 15 is 0 Å². The van der Waals surface area contributed by atoms with Gasteiger partial charge in [0.15, 0.2) is 5.79 Å². The molecule has 1 saturated heterocycles. The zero-order valence-corrected chi connectivity index (χ0v) is 14.2. The van der Waals surface area contributed by atoms with Gasteiger partial charge in [0.1, 0.15) is 18.3 Å². The summed E-state index contributed by atoms with van der Waals surface area (Å²) in [5.74, 6) is -0.805. The normalized spacial score (nSPS) is 28.7. The minimum Gasteiger partial charge on any atom is -0.340 e. The molecule has 6 heteroatoms. The zero-order valence-electron chi connectivity index (χ0n) is 13.4. The van der Waals surface area contributed by atoms with Crippen LogP contribution in [0.25, 0.3) is 0 Å². The zero-order chi connectivity index (χ0) is 16.7. The Labute approximate surface area is 136 Å². The average molecular weight is 336 g/mol. The number of hydrogen-bond donors (Lipinski definition) is 0. The van der Waals surface area contributed by atoms with Crippen molar-refractivity contribution >= 4 is 10.1 Å². The molecular weight excluding hydrogens is 316 g/mol. The minimum atomic E-state index is -3.85. The molecule has 5 nitrogen and oxygen atoms in total. The highest BCUT2D eigenvalue weighted by molar-refractivity contribution is 7.86. The lowest BCUT2D eigenvalue weighted by atomic mass is 9.93. The van der Waals surface area contributed by atoms with Gasteiger partial charge in [-0.05, 0) is 39.0 Å². The molecule has 124 valence electrons. The number of benzene rings is 1. The van der Waals surface area contributed by atoms with Gasteiger partial charge in [0.05, 0.1) is 4.90 Å². The van der Waals surface area contributed by atoms with Crippen LogP contribution in [0.15, 0.2) is 53.5 Å². The van der Waals surface area contributed by atoms with E-state index in [9.17, 15) is 8.42 Å². The Balaban J connectivity index is 1.80. The van der Waals surface area contributed by atoms with E-state index in [1.807, 2.05) is 25.2 Å². The highest BCUT2D eigenvalue weighted by Gasteiger charge is 2.52.